The number of hydrogen-bond donors (Lipinski definition) is 1. The number of halogens is 1. The lowest BCUT2D eigenvalue weighted by molar-refractivity contribution is -0.170. The first-order valence-corrected chi connectivity index (χ1v) is 7.45. The minimum absolute atomic E-state index is 0.208. The van der Waals surface area contributed by atoms with Gasteiger partial charge in [0.1, 0.15) is 6.67 Å². The number of rotatable bonds is 2. The van der Waals surface area contributed by atoms with E-state index in [0.717, 1.165) is 19.3 Å². The summed E-state index contributed by atoms with van der Waals surface area (Å²) in [5, 5.41) is 10.8. The zero-order valence-electron chi connectivity index (χ0n) is 12.1. The molecule has 0 radical (unpaired) electrons. The average Bonchev–Trinajstić information content (AvgIpc) is 2.76. The molecule has 1 spiro atoms. The van der Waals surface area contributed by atoms with Gasteiger partial charge in [-0.05, 0) is 37.8 Å². The number of imide groups is 1. The normalized spacial score (nSPS) is 27.0. The lowest BCUT2D eigenvalue weighted by Crippen LogP contribution is -2.62. The lowest BCUT2D eigenvalue weighted by atomic mass is 9.77. The van der Waals surface area contributed by atoms with Crippen molar-refractivity contribution in [1.82, 2.24) is 4.90 Å². The van der Waals surface area contributed by atoms with Crippen molar-refractivity contribution >= 4 is 12.0 Å². The minimum Gasteiger partial charge on any atom is -0.437 e. The van der Waals surface area contributed by atoms with Gasteiger partial charge in [-0.3, -0.25) is 4.79 Å². The molecular formula is C16H18FNO4. The number of benzene rings is 1. The Morgan fingerprint density at radius 2 is 1.86 bits per heavy atom. The molecule has 2 fully saturated rings. The van der Waals surface area contributed by atoms with Crippen LogP contribution in [0.1, 0.15) is 42.5 Å². The van der Waals surface area contributed by atoms with Gasteiger partial charge in [-0.2, -0.15) is 0 Å². The summed E-state index contributed by atoms with van der Waals surface area (Å²) in [7, 11) is 0. The van der Waals surface area contributed by atoms with Crippen LogP contribution in [0, 0.1) is 0 Å². The molecule has 1 aliphatic heterocycles. The number of carbonyl (C=O) groups excluding carboxylic acids is 2. The Kier molecular flexibility index (Phi) is 3.64. The summed E-state index contributed by atoms with van der Waals surface area (Å²) in [5.41, 5.74) is -3.36. The van der Waals surface area contributed by atoms with Gasteiger partial charge in [0, 0.05) is 5.56 Å². The second-order valence-corrected chi connectivity index (χ2v) is 5.88. The largest absolute Gasteiger partial charge is 0.437 e. The van der Waals surface area contributed by atoms with E-state index in [-0.39, 0.29) is 5.56 Å². The van der Waals surface area contributed by atoms with Crippen molar-refractivity contribution < 1.29 is 23.8 Å². The van der Waals surface area contributed by atoms with E-state index < -0.39 is 30.0 Å². The van der Waals surface area contributed by atoms with Crippen LogP contribution in [0.2, 0.25) is 0 Å². The maximum Gasteiger partial charge on any atom is 0.420 e. The number of hydrogen-bond acceptors (Lipinski definition) is 4. The molecule has 3 rings (SSSR count). The van der Waals surface area contributed by atoms with E-state index in [9.17, 15) is 19.1 Å². The molecule has 5 nitrogen and oxygen atoms in total. The van der Waals surface area contributed by atoms with E-state index >= 15 is 0 Å². The van der Waals surface area contributed by atoms with Gasteiger partial charge in [-0.25, -0.2) is 14.1 Å². The van der Waals surface area contributed by atoms with Crippen molar-refractivity contribution in [3.8, 4) is 0 Å². The van der Waals surface area contributed by atoms with E-state index in [4.69, 9.17) is 4.74 Å². The first-order valence-electron chi connectivity index (χ1n) is 7.45. The summed E-state index contributed by atoms with van der Waals surface area (Å²) in [6.45, 7) is -1.24. The highest BCUT2D eigenvalue weighted by Gasteiger charge is 2.67. The molecule has 0 bridgehead atoms. The average molecular weight is 307 g/mol. The fourth-order valence-corrected chi connectivity index (χ4v) is 3.42. The van der Waals surface area contributed by atoms with Crippen LogP contribution in [-0.2, 0) is 4.74 Å². The molecule has 118 valence electrons. The Hall–Kier alpha value is -1.95. The smallest absolute Gasteiger partial charge is 0.420 e. The standard InChI is InChI=1S/C16H18FNO4/c17-11-16(21)15(9-5-2-6-10-15)22-14(20)18(16)13(19)12-7-3-1-4-8-12/h1,3-4,7-8,21H,2,5-6,9-11H2. The van der Waals surface area contributed by atoms with Gasteiger partial charge in [-0.1, -0.05) is 24.6 Å². The maximum absolute atomic E-state index is 13.7. The van der Waals surface area contributed by atoms with Crippen LogP contribution in [0.3, 0.4) is 0 Å². The van der Waals surface area contributed by atoms with Crippen molar-refractivity contribution in [3.05, 3.63) is 35.9 Å². The molecule has 1 saturated carbocycles. The predicted molar refractivity (Wildman–Crippen MR) is 75.8 cm³/mol. The molecule has 1 aromatic rings. The zero-order chi connectivity index (χ0) is 15.8. The molecule has 1 N–H and O–H groups in total. The van der Waals surface area contributed by atoms with E-state index in [0.29, 0.717) is 17.7 Å². The third-order valence-corrected chi connectivity index (χ3v) is 4.64. The van der Waals surface area contributed by atoms with Crippen LogP contribution >= 0.6 is 0 Å². The topological polar surface area (TPSA) is 66.8 Å². The molecular weight excluding hydrogens is 289 g/mol. The quantitative estimate of drug-likeness (QED) is 0.912. The highest BCUT2D eigenvalue weighted by Crippen LogP contribution is 2.47. The summed E-state index contributed by atoms with van der Waals surface area (Å²) in [4.78, 5) is 25.3. The highest BCUT2D eigenvalue weighted by molar-refractivity contribution is 6.04. The van der Waals surface area contributed by atoms with Crippen LogP contribution < -0.4 is 0 Å². The molecule has 1 heterocycles. The summed E-state index contributed by atoms with van der Waals surface area (Å²) < 4.78 is 19.1. The van der Waals surface area contributed by atoms with Gasteiger partial charge in [0.15, 0.2) is 5.60 Å². The number of aliphatic hydroxyl groups is 1. The number of carbonyl (C=O) groups is 2. The van der Waals surface area contributed by atoms with Gasteiger partial charge >= 0.3 is 6.09 Å². The third kappa shape index (κ3) is 2.01. The Balaban J connectivity index is 2.00. The Labute approximate surface area is 127 Å². The zero-order valence-corrected chi connectivity index (χ0v) is 12.1. The number of alkyl halides is 1. The summed E-state index contributed by atoms with van der Waals surface area (Å²) in [5.74, 6) is -0.742. The van der Waals surface area contributed by atoms with Crippen molar-refractivity contribution in [1.29, 1.82) is 0 Å². The number of ether oxygens (including phenoxy) is 1. The molecule has 6 heteroatoms. The van der Waals surface area contributed by atoms with Crippen molar-refractivity contribution in [2.24, 2.45) is 0 Å². The van der Waals surface area contributed by atoms with Crippen LogP contribution in [0.4, 0.5) is 9.18 Å². The number of amides is 2. The first kappa shape index (κ1) is 15.0. The van der Waals surface area contributed by atoms with E-state index in [1.165, 1.54) is 12.1 Å². The second-order valence-electron chi connectivity index (χ2n) is 5.88. The van der Waals surface area contributed by atoms with Gasteiger partial charge in [0.25, 0.3) is 5.91 Å². The Morgan fingerprint density at radius 1 is 1.23 bits per heavy atom. The Morgan fingerprint density at radius 3 is 2.45 bits per heavy atom. The van der Waals surface area contributed by atoms with Gasteiger partial charge in [0.2, 0.25) is 5.72 Å². The molecule has 2 aliphatic rings. The summed E-state index contributed by atoms with van der Waals surface area (Å²) >= 11 is 0. The monoisotopic (exact) mass is 307 g/mol. The van der Waals surface area contributed by atoms with Crippen LogP contribution in [0.15, 0.2) is 30.3 Å². The fourth-order valence-electron chi connectivity index (χ4n) is 3.42. The molecule has 1 unspecified atom stereocenters. The molecule has 2 amide bonds. The fraction of sp³-hybridized carbons (Fsp3) is 0.500. The van der Waals surface area contributed by atoms with E-state index in [2.05, 4.69) is 0 Å². The maximum atomic E-state index is 13.7. The SMILES string of the molecule is O=C1OC2(CCCCC2)C(O)(CF)N1C(=O)c1ccccc1. The summed E-state index contributed by atoms with van der Waals surface area (Å²) in [6.07, 6.45) is 2.13. The van der Waals surface area contributed by atoms with E-state index in [1.807, 2.05) is 0 Å². The highest BCUT2D eigenvalue weighted by atomic mass is 19.1. The summed E-state index contributed by atoms with van der Waals surface area (Å²) in [6, 6.07) is 8.03. The van der Waals surface area contributed by atoms with Crippen LogP contribution in [0.5, 0.6) is 0 Å². The Bertz CT molecular complexity index is 585. The van der Waals surface area contributed by atoms with Gasteiger partial charge in [-0.15, -0.1) is 0 Å². The third-order valence-electron chi connectivity index (χ3n) is 4.64. The molecule has 1 atom stereocenters. The molecule has 1 aliphatic carbocycles. The molecule has 1 saturated heterocycles. The van der Waals surface area contributed by atoms with Crippen molar-refractivity contribution in [3.63, 3.8) is 0 Å². The molecule has 1 aromatic carbocycles. The molecule has 22 heavy (non-hydrogen) atoms. The van der Waals surface area contributed by atoms with Crippen LogP contribution in [0.25, 0.3) is 0 Å². The molecule has 0 aromatic heterocycles. The van der Waals surface area contributed by atoms with Gasteiger partial charge < -0.3 is 9.84 Å². The second kappa shape index (κ2) is 5.35. The van der Waals surface area contributed by atoms with E-state index in [1.54, 1.807) is 18.2 Å². The number of nitrogens with zero attached hydrogens (tertiary/aromatic N) is 1. The predicted octanol–water partition coefficient (Wildman–Crippen LogP) is 2.64. The lowest BCUT2D eigenvalue weighted by Gasteiger charge is -2.41. The first-order chi connectivity index (χ1) is 10.5. The van der Waals surface area contributed by atoms with Gasteiger partial charge in [0.05, 0.1) is 0 Å². The van der Waals surface area contributed by atoms with Crippen molar-refractivity contribution in [2.45, 2.75) is 43.4 Å². The minimum atomic E-state index is -2.24. The van der Waals surface area contributed by atoms with Crippen LogP contribution in [-0.4, -0.2) is 40.0 Å². The van der Waals surface area contributed by atoms with Crippen molar-refractivity contribution in [2.75, 3.05) is 6.67 Å².